The summed E-state index contributed by atoms with van der Waals surface area (Å²) in [5.74, 6) is 1.43. The number of hydrogen-bond acceptors (Lipinski definition) is 4. The molecule has 0 bridgehead atoms. The number of hydrogen-bond donors (Lipinski definition) is 1. The van der Waals surface area contributed by atoms with Crippen LogP contribution in [-0.4, -0.2) is 57.0 Å². The van der Waals surface area contributed by atoms with Gasteiger partial charge in [-0.25, -0.2) is 8.42 Å². The average Bonchev–Trinajstić information content (AvgIpc) is 2.73. The summed E-state index contributed by atoms with van der Waals surface area (Å²) < 4.78 is 23.3. The Kier molecular flexibility index (Phi) is 4.44. The summed E-state index contributed by atoms with van der Waals surface area (Å²) in [6.45, 7) is 5.92. The van der Waals surface area contributed by atoms with Gasteiger partial charge in [0.2, 0.25) is 0 Å². The first kappa shape index (κ1) is 13.3. The van der Waals surface area contributed by atoms with Gasteiger partial charge in [-0.05, 0) is 38.3 Å². The van der Waals surface area contributed by atoms with Gasteiger partial charge in [-0.1, -0.05) is 6.92 Å². The summed E-state index contributed by atoms with van der Waals surface area (Å²) in [4.78, 5) is 2.33. The first-order valence-corrected chi connectivity index (χ1v) is 8.59. The first-order chi connectivity index (χ1) is 8.11. The summed E-state index contributed by atoms with van der Waals surface area (Å²) in [5, 5.41) is 3.53. The van der Waals surface area contributed by atoms with Gasteiger partial charge >= 0.3 is 0 Å². The van der Waals surface area contributed by atoms with Crippen LogP contribution in [0, 0.1) is 5.92 Å². The lowest BCUT2D eigenvalue weighted by Crippen LogP contribution is -2.45. The lowest BCUT2D eigenvalue weighted by Gasteiger charge is -2.34. The number of piperidine rings is 1. The molecule has 2 fully saturated rings. The van der Waals surface area contributed by atoms with Crippen molar-refractivity contribution in [3.05, 3.63) is 0 Å². The maximum absolute atomic E-state index is 11.7. The van der Waals surface area contributed by atoms with Gasteiger partial charge in [0.1, 0.15) is 0 Å². The number of fused-ring (bicyclic) bond motifs is 1. The van der Waals surface area contributed by atoms with E-state index in [0.717, 1.165) is 38.5 Å². The largest absolute Gasteiger partial charge is 0.314 e. The summed E-state index contributed by atoms with van der Waals surface area (Å²) in [6, 6.07) is 0.693. The third-order valence-corrected chi connectivity index (χ3v) is 5.81. The van der Waals surface area contributed by atoms with Crippen molar-refractivity contribution in [2.24, 2.45) is 5.92 Å². The number of nitrogens with one attached hydrogen (secondary N) is 1. The fraction of sp³-hybridized carbons (Fsp3) is 1.00. The molecule has 0 radical (unpaired) electrons. The molecular formula is C12H24N2O2S. The highest BCUT2D eigenvalue weighted by molar-refractivity contribution is 7.91. The van der Waals surface area contributed by atoms with Crippen molar-refractivity contribution < 1.29 is 8.42 Å². The van der Waals surface area contributed by atoms with E-state index in [1.807, 2.05) is 6.92 Å². The number of likely N-dealkylation sites (tertiary alicyclic amines) is 1. The van der Waals surface area contributed by atoms with E-state index in [2.05, 4.69) is 10.2 Å². The van der Waals surface area contributed by atoms with Gasteiger partial charge in [0.25, 0.3) is 0 Å². The van der Waals surface area contributed by atoms with Crippen molar-refractivity contribution in [2.75, 3.05) is 37.7 Å². The minimum absolute atomic E-state index is 0.339. The second-order valence-corrected chi connectivity index (χ2v) is 7.65. The van der Waals surface area contributed by atoms with E-state index in [1.165, 1.54) is 12.8 Å². The Morgan fingerprint density at radius 2 is 2.12 bits per heavy atom. The maximum atomic E-state index is 11.7. The van der Waals surface area contributed by atoms with Crippen LogP contribution in [-0.2, 0) is 9.84 Å². The molecule has 2 saturated heterocycles. The molecule has 0 saturated carbocycles. The van der Waals surface area contributed by atoms with Crippen LogP contribution >= 0.6 is 0 Å². The molecule has 17 heavy (non-hydrogen) atoms. The third kappa shape index (κ3) is 3.66. The lowest BCUT2D eigenvalue weighted by molar-refractivity contribution is 0.171. The van der Waals surface area contributed by atoms with Crippen molar-refractivity contribution in [3.8, 4) is 0 Å². The molecule has 2 unspecified atom stereocenters. The normalized spacial score (nSPS) is 30.4. The molecule has 5 heteroatoms. The van der Waals surface area contributed by atoms with Gasteiger partial charge in [-0.2, -0.15) is 0 Å². The lowest BCUT2D eigenvalue weighted by atomic mass is 9.93. The van der Waals surface area contributed by atoms with Crippen LogP contribution in [0.25, 0.3) is 0 Å². The Balaban J connectivity index is 1.77. The third-order valence-electron chi connectivity index (χ3n) is 3.97. The molecule has 0 aromatic heterocycles. The van der Waals surface area contributed by atoms with Crippen LogP contribution in [0.3, 0.4) is 0 Å². The first-order valence-electron chi connectivity index (χ1n) is 6.77. The Bertz CT molecular complexity index is 342. The highest BCUT2D eigenvalue weighted by atomic mass is 32.2. The van der Waals surface area contributed by atoms with Gasteiger partial charge in [0.15, 0.2) is 9.84 Å². The van der Waals surface area contributed by atoms with Crippen LogP contribution in [0.1, 0.15) is 26.2 Å². The van der Waals surface area contributed by atoms with Gasteiger partial charge in [-0.3, -0.25) is 0 Å². The summed E-state index contributed by atoms with van der Waals surface area (Å²) in [5.41, 5.74) is 0. The molecule has 1 N–H and O–H groups in total. The van der Waals surface area contributed by atoms with Crippen molar-refractivity contribution in [2.45, 2.75) is 32.2 Å². The fourth-order valence-electron chi connectivity index (χ4n) is 3.01. The van der Waals surface area contributed by atoms with E-state index in [4.69, 9.17) is 0 Å². The standard InChI is InChI=1S/C12H24N2O2S/c1-2-8-17(15,16)9-7-14-6-4-12-11(10-14)3-5-13-12/h11-13H,2-10H2,1H3. The minimum atomic E-state index is -2.81. The van der Waals surface area contributed by atoms with Gasteiger partial charge in [0.05, 0.1) is 5.75 Å². The average molecular weight is 260 g/mol. The van der Waals surface area contributed by atoms with E-state index in [1.54, 1.807) is 0 Å². The zero-order valence-corrected chi connectivity index (χ0v) is 11.5. The molecule has 4 nitrogen and oxygen atoms in total. The molecule has 0 aliphatic carbocycles. The molecule has 2 aliphatic rings. The molecule has 2 heterocycles. The Morgan fingerprint density at radius 3 is 2.88 bits per heavy atom. The highest BCUT2D eigenvalue weighted by Crippen LogP contribution is 2.24. The summed E-state index contributed by atoms with van der Waals surface area (Å²) in [6.07, 6.45) is 3.17. The maximum Gasteiger partial charge on any atom is 0.151 e. The summed E-state index contributed by atoms with van der Waals surface area (Å²) >= 11 is 0. The fourth-order valence-corrected chi connectivity index (χ4v) is 4.37. The number of nitrogens with zero attached hydrogens (tertiary/aromatic N) is 1. The van der Waals surface area contributed by atoms with E-state index in [0.29, 0.717) is 17.5 Å². The van der Waals surface area contributed by atoms with E-state index in [-0.39, 0.29) is 0 Å². The van der Waals surface area contributed by atoms with Gasteiger partial charge < -0.3 is 10.2 Å². The Labute approximate surface area is 105 Å². The molecule has 0 amide bonds. The molecule has 0 spiro atoms. The van der Waals surface area contributed by atoms with Crippen LogP contribution in [0.4, 0.5) is 0 Å². The van der Waals surface area contributed by atoms with Crippen LogP contribution in [0.15, 0.2) is 0 Å². The van der Waals surface area contributed by atoms with Gasteiger partial charge in [0, 0.05) is 24.9 Å². The van der Waals surface area contributed by atoms with Crippen molar-refractivity contribution in [3.63, 3.8) is 0 Å². The molecular weight excluding hydrogens is 236 g/mol. The second kappa shape index (κ2) is 5.67. The Morgan fingerprint density at radius 1 is 1.29 bits per heavy atom. The number of rotatable bonds is 5. The van der Waals surface area contributed by atoms with Crippen molar-refractivity contribution in [1.82, 2.24) is 10.2 Å². The van der Waals surface area contributed by atoms with Crippen LogP contribution in [0.5, 0.6) is 0 Å². The van der Waals surface area contributed by atoms with Crippen molar-refractivity contribution in [1.29, 1.82) is 0 Å². The van der Waals surface area contributed by atoms with Gasteiger partial charge in [-0.15, -0.1) is 0 Å². The molecule has 0 aromatic rings. The van der Waals surface area contributed by atoms with Crippen molar-refractivity contribution >= 4 is 9.84 Å². The monoisotopic (exact) mass is 260 g/mol. The molecule has 0 aromatic carbocycles. The molecule has 2 atom stereocenters. The predicted molar refractivity (Wildman–Crippen MR) is 69.9 cm³/mol. The minimum Gasteiger partial charge on any atom is -0.314 e. The predicted octanol–water partition coefficient (Wildman–Crippen LogP) is 0.495. The van der Waals surface area contributed by atoms with E-state index < -0.39 is 9.84 Å². The quantitative estimate of drug-likeness (QED) is 0.782. The zero-order chi connectivity index (χ0) is 12.3. The molecule has 2 aliphatic heterocycles. The topological polar surface area (TPSA) is 49.4 Å². The van der Waals surface area contributed by atoms with E-state index in [9.17, 15) is 8.42 Å². The zero-order valence-electron chi connectivity index (χ0n) is 10.7. The second-order valence-electron chi connectivity index (χ2n) is 5.35. The van der Waals surface area contributed by atoms with Crippen LogP contribution < -0.4 is 5.32 Å². The molecule has 100 valence electrons. The Hall–Kier alpha value is -0.130. The smallest absolute Gasteiger partial charge is 0.151 e. The van der Waals surface area contributed by atoms with Crippen LogP contribution in [0.2, 0.25) is 0 Å². The SMILES string of the molecule is CCCS(=O)(=O)CCN1CCC2NCCC2C1. The highest BCUT2D eigenvalue weighted by Gasteiger charge is 2.32. The molecule has 2 rings (SSSR count). The summed E-state index contributed by atoms with van der Waals surface area (Å²) in [7, 11) is -2.81. The van der Waals surface area contributed by atoms with E-state index >= 15 is 0 Å². The number of sulfone groups is 1.